The first-order chi connectivity index (χ1) is 10.1. The highest BCUT2D eigenvalue weighted by atomic mass is 127. The van der Waals surface area contributed by atoms with E-state index in [1.807, 2.05) is 48.5 Å². The van der Waals surface area contributed by atoms with E-state index in [9.17, 15) is 4.79 Å². The molecule has 1 amide bonds. The van der Waals surface area contributed by atoms with Crippen molar-refractivity contribution in [3.05, 3.63) is 63.7 Å². The fourth-order valence-corrected chi connectivity index (χ4v) is 2.66. The molecule has 3 rings (SSSR count). The molecule has 0 unspecified atom stereocenters. The van der Waals surface area contributed by atoms with E-state index >= 15 is 0 Å². The molecule has 0 aliphatic heterocycles. The number of pyridine rings is 1. The average molecular weight is 389 g/mol. The van der Waals surface area contributed by atoms with E-state index in [-0.39, 0.29) is 5.91 Å². The number of hydrogen-bond acceptors (Lipinski definition) is 3. The molecular formula is C16H12IN3O. The SMILES string of the molecule is Nc1cc(C(=O)Nc2ccccc2I)c2ccccc2n1. The summed E-state index contributed by atoms with van der Waals surface area (Å²) >= 11 is 2.19. The topological polar surface area (TPSA) is 68.0 Å². The number of fused-ring (bicyclic) bond motifs is 1. The molecule has 0 radical (unpaired) electrons. The van der Waals surface area contributed by atoms with Gasteiger partial charge in [0.1, 0.15) is 5.82 Å². The van der Waals surface area contributed by atoms with Crippen LogP contribution < -0.4 is 11.1 Å². The Hall–Kier alpha value is -2.15. The molecule has 0 bridgehead atoms. The third-order valence-corrected chi connectivity index (χ3v) is 4.04. The van der Waals surface area contributed by atoms with E-state index in [0.29, 0.717) is 16.9 Å². The molecule has 2 aromatic carbocycles. The summed E-state index contributed by atoms with van der Waals surface area (Å²) in [5, 5.41) is 3.70. The molecule has 0 fully saturated rings. The molecule has 21 heavy (non-hydrogen) atoms. The standard InChI is InChI=1S/C16H12IN3O/c17-12-6-2-4-8-14(12)20-16(21)11-9-15(18)19-13-7-3-1-5-10(11)13/h1-9H,(H2,18,19)(H,20,21). The van der Waals surface area contributed by atoms with Crippen LogP contribution in [0.4, 0.5) is 11.5 Å². The summed E-state index contributed by atoms with van der Waals surface area (Å²) in [6, 6.07) is 16.7. The summed E-state index contributed by atoms with van der Waals surface area (Å²) in [6.45, 7) is 0. The minimum atomic E-state index is -0.190. The summed E-state index contributed by atoms with van der Waals surface area (Å²) in [5.41, 5.74) is 7.81. The second-order valence-corrected chi connectivity index (χ2v) is 5.71. The molecule has 0 atom stereocenters. The van der Waals surface area contributed by atoms with Gasteiger partial charge in [0.15, 0.2) is 0 Å². The van der Waals surface area contributed by atoms with Crippen LogP contribution in [0.2, 0.25) is 0 Å². The van der Waals surface area contributed by atoms with Crippen LogP contribution in [-0.2, 0) is 0 Å². The number of benzene rings is 2. The van der Waals surface area contributed by atoms with Gasteiger partial charge < -0.3 is 11.1 Å². The third-order valence-electron chi connectivity index (χ3n) is 3.10. The van der Waals surface area contributed by atoms with Crippen molar-refractivity contribution in [1.82, 2.24) is 4.98 Å². The molecule has 3 N–H and O–H groups in total. The molecule has 0 spiro atoms. The molecule has 0 saturated heterocycles. The van der Waals surface area contributed by atoms with Gasteiger partial charge in [-0.3, -0.25) is 4.79 Å². The second kappa shape index (κ2) is 5.69. The van der Waals surface area contributed by atoms with Crippen LogP contribution in [0.3, 0.4) is 0 Å². The zero-order valence-electron chi connectivity index (χ0n) is 11.0. The van der Waals surface area contributed by atoms with Crippen LogP contribution in [0.15, 0.2) is 54.6 Å². The highest BCUT2D eigenvalue weighted by Gasteiger charge is 2.13. The molecule has 3 aromatic rings. The van der Waals surface area contributed by atoms with E-state index in [4.69, 9.17) is 5.73 Å². The Bertz CT molecular complexity index is 833. The highest BCUT2D eigenvalue weighted by Crippen LogP contribution is 2.22. The van der Waals surface area contributed by atoms with Crippen LogP contribution in [0.1, 0.15) is 10.4 Å². The molecule has 0 aliphatic carbocycles. The number of hydrogen-bond donors (Lipinski definition) is 2. The normalized spacial score (nSPS) is 10.5. The van der Waals surface area contributed by atoms with Crippen molar-refractivity contribution in [2.45, 2.75) is 0 Å². The van der Waals surface area contributed by atoms with E-state index < -0.39 is 0 Å². The average Bonchev–Trinajstić information content (AvgIpc) is 2.48. The largest absolute Gasteiger partial charge is 0.384 e. The number of para-hydroxylation sites is 2. The fraction of sp³-hybridized carbons (Fsp3) is 0. The first-order valence-corrected chi connectivity index (χ1v) is 7.44. The van der Waals surface area contributed by atoms with Crippen molar-refractivity contribution >= 4 is 50.9 Å². The number of carbonyl (C=O) groups is 1. The van der Waals surface area contributed by atoms with Gasteiger partial charge in [0, 0.05) is 8.96 Å². The lowest BCUT2D eigenvalue weighted by Crippen LogP contribution is -2.14. The van der Waals surface area contributed by atoms with Gasteiger partial charge in [0.2, 0.25) is 0 Å². The summed E-state index contributed by atoms with van der Waals surface area (Å²) in [6.07, 6.45) is 0. The van der Waals surface area contributed by atoms with Crippen molar-refractivity contribution in [3.63, 3.8) is 0 Å². The van der Waals surface area contributed by atoms with Gasteiger partial charge in [0.25, 0.3) is 5.91 Å². The van der Waals surface area contributed by atoms with Gasteiger partial charge in [-0.05, 0) is 46.9 Å². The van der Waals surface area contributed by atoms with Gasteiger partial charge in [-0.1, -0.05) is 30.3 Å². The van der Waals surface area contributed by atoms with Crippen LogP contribution in [0.5, 0.6) is 0 Å². The van der Waals surface area contributed by atoms with Crippen molar-refractivity contribution in [3.8, 4) is 0 Å². The summed E-state index contributed by atoms with van der Waals surface area (Å²) in [4.78, 5) is 16.8. The third kappa shape index (κ3) is 2.82. The monoisotopic (exact) mass is 389 g/mol. The number of nitrogen functional groups attached to an aromatic ring is 1. The molecule has 1 aromatic heterocycles. The lowest BCUT2D eigenvalue weighted by atomic mass is 10.1. The molecule has 0 aliphatic rings. The van der Waals surface area contributed by atoms with Gasteiger partial charge in [0.05, 0.1) is 16.8 Å². The zero-order chi connectivity index (χ0) is 14.8. The Morgan fingerprint density at radius 1 is 1.10 bits per heavy atom. The van der Waals surface area contributed by atoms with Gasteiger partial charge in [-0.25, -0.2) is 4.98 Å². The second-order valence-electron chi connectivity index (χ2n) is 4.55. The number of aromatic nitrogens is 1. The quantitative estimate of drug-likeness (QED) is 0.658. The van der Waals surface area contributed by atoms with Crippen molar-refractivity contribution < 1.29 is 4.79 Å². The molecule has 4 nitrogen and oxygen atoms in total. The van der Waals surface area contributed by atoms with E-state index in [0.717, 1.165) is 14.6 Å². The first kappa shape index (κ1) is 13.8. The van der Waals surface area contributed by atoms with Gasteiger partial charge in [-0.15, -0.1) is 0 Å². The number of halogens is 1. The maximum absolute atomic E-state index is 12.5. The lowest BCUT2D eigenvalue weighted by Gasteiger charge is -2.10. The van der Waals surface area contributed by atoms with E-state index in [2.05, 4.69) is 32.9 Å². The predicted octanol–water partition coefficient (Wildman–Crippen LogP) is 3.67. The molecule has 1 heterocycles. The lowest BCUT2D eigenvalue weighted by molar-refractivity contribution is 0.102. The molecule has 5 heteroatoms. The fourth-order valence-electron chi connectivity index (χ4n) is 2.14. The van der Waals surface area contributed by atoms with E-state index in [1.54, 1.807) is 6.07 Å². The predicted molar refractivity (Wildman–Crippen MR) is 93.3 cm³/mol. The van der Waals surface area contributed by atoms with Crippen LogP contribution in [0, 0.1) is 3.57 Å². The summed E-state index contributed by atoms with van der Waals surface area (Å²) in [5.74, 6) is 0.144. The van der Waals surface area contributed by atoms with Crippen molar-refractivity contribution in [2.24, 2.45) is 0 Å². The molecule has 104 valence electrons. The Balaban J connectivity index is 2.04. The van der Waals surface area contributed by atoms with Crippen molar-refractivity contribution in [1.29, 1.82) is 0 Å². The highest BCUT2D eigenvalue weighted by molar-refractivity contribution is 14.1. The Labute approximate surface area is 135 Å². The number of anilines is 2. The van der Waals surface area contributed by atoms with E-state index in [1.165, 1.54) is 0 Å². The van der Waals surface area contributed by atoms with Crippen LogP contribution in [0.25, 0.3) is 10.9 Å². The van der Waals surface area contributed by atoms with Crippen LogP contribution >= 0.6 is 22.6 Å². The number of rotatable bonds is 2. The summed E-state index contributed by atoms with van der Waals surface area (Å²) in [7, 11) is 0. The maximum Gasteiger partial charge on any atom is 0.256 e. The smallest absolute Gasteiger partial charge is 0.256 e. The zero-order valence-corrected chi connectivity index (χ0v) is 13.2. The maximum atomic E-state index is 12.5. The number of nitrogens with zero attached hydrogens (tertiary/aromatic N) is 1. The minimum absolute atomic E-state index is 0.190. The van der Waals surface area contributed by atoms with Gasteiger partial charge >= 0.3 is 0 Å². The van der Waals surface area contributed by atoms with Crippen LogP contribution in [-0.4, -0.2) is 10.9 Å². The summed E-state index contributed by atoms with van der Waals surface area (Å²) < 4.78 is 0.981. The minimum Gasteiger partial charge on any atom is -0.384 e. The number of amides is 1. The number of nitrogens with two attached hydrogens (primary N) is 1. The Morgan fingerprint density at radius 2 is 1.81 bits per heavy atom. The molecule has 0 saturated carbocycles. The van der Waals surface area contributed by atoms with Crippen molar-refractivity contribution in [2.75, 3.05) is 11.1 Å². The van der Waals surface area contributed by atoms with Gasteiger partial charge in [-0.2, -0.15) is 0 Å². The Morgan fingerprint density at radius 3 is 2.62 bits per heavy atom. The first-order valence-electron chi connectivity index (χ1n) is 6.36. The number of carbonyl (C=O) groups excluding carboxylic acids is 1. The number of nitrogens with one attached hydrogen (secondary N) is 1. The Kier molecular flexibility index (Phi) is 3.74. The molecular weight excluding hydrogens is 377 g/mol.